The van der Waals surface area contributed by atoms with Crippen molar-refractivity contribution in [3.05, 3.63) is 0 Å². The predicted octanol–water partition coefficient (Wildman–Crippen LogP) is -0.570. The van der Waals surface area contributed by atoms with Gasteiger partial charge in [0, 0.05) is 43.6 Å². The van der Waals surface area contributed by atoms with Crippen LogP contribution in [0.3, 0.4) is 0 Å². The quantitative estimate of drug-likeness (QED) is 0.387. The third-order valence-corrected chi connectivity index (χ3v) is 6.41. The monoisotopic (exact) mass is 327 g/mol. The van der Waals surface area contributed by atoms with Crippen molar-refractivity contribution >= 4 is 23.7 Å². The molecule has 0 aromatic carbocycles. The summed E-state index contributed by atoms with van der Waals surface area (Å²) in [4.78, 5) is 25.2. The van der Waals surface area contributed by atoms with Crippen molar-refractivity contribution in [2.24, 2.45) is 5.73 Å². The molecule has 0 saturated carbocycles. The van der Waals surface area contributed by atoms with Crippen LogP contribution in [-0.2, 0) is 4.79 Å². The summed E-state index contributed by atoms with van der Waals surface area (Å²) in [5.41, 5.74) is 4.94. The summed E-state index contributed by atoms with van der Waals surface area (Å²) in [6.45, 7) is 3.83. The third kappa shape index (κ3) is 2.91. The highest BCUT2D eigenvalue weighted by molar-refractivity contribution is 8.00. The summed E-state index contributed by atoms with van der Waals surface area (Å²) < 4.78 is 0. The lowest BCUT2D eigenvalue weighted by molar-refractivity contribution is -0.118. The number of carbonyl (C=O) groups is 2. The van der Waals surface area contributed by atoms with Crippen molar-refractivity contribution in [2.75, 3.05) is 31.9 Å². The van der Waals surface area contributed by atoms with Crippen molar-refractivity contribution in [2.45, 2.75) is 42.6 Å². The number of piperazine rings is 1. The van der Waals surface area contributed by atoms with E-state index in [1.54, 1.807) is 0 Å². The number of unbranched alkanes of at least 4 members (excludes halogenated alkanes) is 1. The Hall–Kier alpha value is -0.990. The van der Waals surface area contributed by atoms with Gasteiger partial charge in [0.2, 0.25) is 5.91 Å². The first kappa shape index (κ1) is 15.9. The first-order valence-corrected chi connectivity index (χ1v) is 9.12. The molecule has 3 aliphatic rings. The van der Waals surface area contributed by atoms with Crippen LogP contribution in [0.5, 0.6) is 0 Å². The van der Waals surface area contributed by atoms with Crippen LogP contribution in [0.4, 0.5) is 4.79 Å². The van der Waals surface area contributed by atoms with E-state index in [1.165, 1.54) is 0 Å². The smallest absolute Gasteiger partial charge is 0.316 e. The Bertz CT molecular complexity index is 443. The van der Waals surface area contributed by atoms with Crippen molar-refractivity contribution < 1.29 is 9.59 Å². The van der Waals surface area contributed by atoms with Gasteiger partial charge in [-0.15, -0.1) is 0 Å². The lowest BCUT2D eigenvalue weighted by Gasteiger charge is -2.46. The van der Waals surface area contributed by atoms with Gasteiger partial charge in [-0.2, -0.15) is 11.8 Å². The normalized spacial score (nSPS) is 35.0. The minimum Gasteiger partial charge on any atom is -0.370 e. The van der Waals surface area contributed by atoms with E-state index in [9.17, 15) is 9.59 Å². The average molecular weight is 327 g/mol. The third-order valence-electron chi connectivity index (χ3n) is 4.89. The van der Waals surface area contributed by atoms with E-state index in [1.807, 2.05) is 11.8 Å². The molecule has 3 aliphatic heterocycles. The van der Waals surface area contributed by atoms with Gasteiger partial charge in [0.05, 0.1) is 6.04 Å². The minimum atomic E-state index is -0.267. The fourth-order valence-corrected chi connectivity index (χ4v) is 5.58. The molecule has 0 bridgehead atoms. The molecule has 0 aromatic rings. The SMILES string of the molecule is NC(=O)CCCC[C@@H]1SC[C@@H]2NC(=O)N[C@@]21N1CCNCC1. The van der Waals surface area contributed by atoms with Gasteiger partial charge in [0.15, 0.2) is 0 Å². The average Bonchev–Trinajstić information content (AvgIpc) is 3.00. The van der Waals surface area contributed by atoms with Gasteiger partial charge < -0.3 is 21.7 Å². The second kappa shape index (κ2) is 6.64. The highest BCUT2D eigenvalue weighted by atomic mass is 32.2. The first-order valence-electron chi connectivity index (χ1n) is 8.07. The molecule has 0 unspecified atom stereocenters. The Morgan fingerprint density at radius 1 is 1.36 bits per heavy atom. The van der Waals surface area contributed by atoms with Gasteiger partial charge in [-0.1, -0.05) is 6.42 Å². The molecular weight excluding hydrogens is 302 g/mol. The lowest BCUT2D eigenvalue weighted by Crippen LogP contribution is -2.68. The summed E-state index contributed by atoms with van der Waals surface area (Å²) in [6, 6.07) is 0.121. The number of thioether (sulfide) groups is 1. The van der Waals surface area contributed by atoms with Crippen LogP contribution in [0.1, 0.15) is 25.7 Å². The number of nitrogens with one attached hydrogen (secondary N) is 3. The number of primary amides is 1. The van der Waals surface area contributed by atoms with Crippen LogP contribution in [0, 0.1) is 0 Å². The highest BCUT2D eigenvalue weighted by Gasteiger charge is 2.59. The number of carbonyl (C=O) groups excluding carboxylic acids is 2. The van der Waals surface area contributed by atoms with Crippen LogP contribution >= 0.6 is 11.8 Å². The van der Waals surface area contributed by atoms with Gasteiger partial charge in [0.25, 0.3) is 0 Å². The molecule has 0 spiro atoms. The maximum atomic E-state index is 11.9. The molecule has 8 heteroatoms. The molecule has 3 amide bonds. The largest absolute Gasteiger partial charge is 0.370 e. The Labute approximate surface area is 135 Å². The lowest BCUT2D eigenvalue weighted by atomic mass is 9.92. The molecular formula is C14H25N5O2S. The predicted molar refractivity (Wildman–Crippen MR) is 86.5 cm³/mol. The molecule has 3 heterocycles. The fourth-order valence-electron chi connectivity index (χ4n) is 3.86. The topological polar surface area (TPSA) is 99.5 Å². The van der Waals surface area contributed by atoms with Crippen LogP contribution in [0.2, 0.25) is 0 Å². The summed E-state index contributed by atoms with van der Waals surface area (Å²) in [5, 5.41) is 10.1. The summed E-state index contributed by atoms with van der Waals surface area (Å²) in [6.07, 6.45) is 3.25. The van der Waals surface area contributed by atoms with Crippen molar-refractivity contribution in [1.82, 2.24) is 20.9 Å². The van der Waals surface area contributed by atoms with Crippen LogP contribution in [0.25, 0.3) is 0 Å². The molecule has 5 N–H and O–H groups in total. The number of rotatable bonds is 6. The van der Waals surface area contributed by atoms with E-state index in [0.717, 1.165) is 51.2 Å². The van der Waals surface area contributed by atoms with Gasteiger partial charge >= 0.3 is 6.03 Å². The number of hydrogen-bond acceptors (Lipinski definition) is 5. The number of urea groups is 1. The standard InChI is InChI=1S/C14H25N5O2S/c15-12(20)4-2-1-3-11-14(19-7-5-16-6-8-19)10(9-22-11)17-13(21)18-14/h10-11,16H,1-9H2,(H2,15,20)(H2,17,18,21)/t10-,11-,14+/m0/s1. The van der Waals surface area contributed by atoms with Crippen molar-refractivity contribution in [3.8, 4) is 0 Å². The van der Waals surface area contributed by atoms with Gasteiger partial charge in [0.1, 0.15) is 5.66 Å². The summed E-state index contributed by atoms with van der Waals surface area (Å²) in [7, 11) is 0. The Morgan fingerprint density at radius 3 is 2.86 bits per heavy atom. The molecule has 3 fully saturated rings. The fraction of sp³-hybridized carbons (Fsp3) is 0.857. The molecule has 3 rings (SSSR count). The molecule has 3 atom stereocenters. The second-order valence-corrected chi connectivity index (χ2v) is 7.48. The van der Waals surface area contributed by atoms with E-state index in [2.05, 4.69) is 20.9 Å². The molecule has 22 heavy (non-hydrogen) atoms. The van der Waals surface area contributed by atoms with Crippen LogP contribution < -0.4 is 21.7 Å². The van der Waals surface area contributed by atoms with E-state index in [-0.39, 0.29) is 23.6 Å². The van der Waals surface area contributed by atoms with E-state index >= 15 is 0 Å². The Morgan fingerprint density at radius 2 is 2.14 bits per heavy atom. The second-order valence-electron chi connectivity index (χ2n) is 6.25. The molecule has 0 aromatic heterocycles. The maximum Gasteiger partial charge on any atom is 0.316 e. The number of amides is 3. The Kier molecular flexibility index (Phi) is 4.79. The Balaban J connectivity index is 1.68. The number of fused-ring (bicyclic) bond motifs is 1. The minimum absolute atomic E-state index is 0.0500. The van der Waals surface area contributed by atoms with E-state index in [0.29, 0.717) is 11.7 Å². The van der Waals surface area contributed by atoms with E-state index < -0.39 is 0 Å². The number of nitrogens with two attached hydrogens (primary N) is 1. The molecule has 124 valence electrons. The maximum absolute atomic E-state index is 11.9. The zero-order valence-corrected chi connectivity index (χ0v) is 13.6. The van der Waals surface area contributed by atoms with Crippen LogP contribution in [0.15, 0.2) is 0 Å². The molecule has 0 radical (unpaired) electrons. The molecule has 3 saturated heterocycles. The summed E-state index contributed by atoms with van der Waals surface area (Å²) in [5.74, 6) is 0.716. The zero-order valence-electron chi connectivity index (χ0n) is 12.8. The van der Waals surface area contributed by atoms with Crippen molar-refractivity contribution in [3.63, 3.8) is 0 Å². The van der Waals surface area contributed by atoms with Crippen molar-refractivity contribution in [1.29, 1.82) is 0 Å². The first-order chi connectivity index (χ1) is 10.6. The highest BCUT2D eigenvalue weighted by Crippen LogP contribution is 2.43. The summed E-state index contributed by atoms with van der Waals surface area (Å²) >= 11 is 1.93. The van der Waals surface area contributed by atoms with Gasteiger partial charge in [-0.25, -0.2) is 4.79 Å². The zero-order chi connectivity index (χ0) is 15.6. The number of nitrogens with zero attached hydrogens (tertiary/aromatic N) is 1. The van der Waals surface area contributed by atoms with Crippen LogP contribution in [-0.4, -0.2) is 65.7 Å². The van der Waals surface area contributed by atoms with E-state index in [4.69, 9.17) is 5.73 Å². The molecule has 0 aliphatic carbocycles. The number of hydrogen-bond donors (Lipinski definition) is 4. The van der Waals surface area contributed by atoms with Gasteiger partial charge in [-0.3, -0.25) is 9.69 Å². The molecule has 7 nitrogen and oxygen atoms in total. The van der Waals surface area contributed by atoms with Gasteiger partial charge in [-0.05, 0) is 12.8 Å².